The average molecular weight is 432 g/mol. The maximum Gasteiger partial charge on any atom is 0.254 e. The zero-order valence-corrected chi connectivity index (χ0v) is 17.4. The number of hydrogen-bond donors (Lipinski definition) is 2. The van der Waals surface area contributed by atoms with Crippen LogP contribution in [0.25, 0.3) is 0 Å². The van der Waals surface area contributed by atoms with Crippen molar-refractivity contribution in [1.82, 2.24) is 14.9 Å². The highest BCUT2D eigenvalue weighted by molar-refractivity contribution is 6.31. The number of rotatable bonds is 7. The molecule has 30 heavy (non-hydrogen) atoms. The van der Waals surface area contributed by atoms with Crippen LogP contribution in [-0.4, -0.2) is 60.0 Å². The number of ether oxygens (including phenoxy) is 2. The minimum atomic E-state index is -0.359. The van der Waals surface area contributed by atoms with Crippen LogP contribution in [0.15, 0.2) is 37.1 Å². The van der Waals surface area contributed by atoms with E-state index in [2.05, 4.69) is 27.2 Å². The van der Waals surface area contributed by atoms with Crippen LogP contribution in [0.3, 0.4) is 0 Å². The molecule has 1 fully saturated rings. The van der Waals surface area contributed by atoms with E-state index in [1.807, 2.05) is 0 Å². The Balaban J connectivity index is 1.66. The van der Waals surface area contributed by atoms with Crippen LogP contribution in [0.2, 0.25) is 5.02 Å². The Morgan fingerprint density at radius 2 is 2.13 bits per heavy atom. The number of nitrogens with zero attached hydrogens (tertiary/aromatic N) is 3. The molecule has 10 heteroatoms. The van der Waals surface area contributed by atoms with Gasteiger partial charge >= 0.3 is 0 Å². The van der Waals surface area contributed by atoms with Crippen molar-refractivity contribution in [3.63, 3.8) is 0 Å². The first-order chi connectivity index (χ1) is 14.4. The van der Waals surface area contributed by atoms with Crippen molar-refractivity contribution in [2.45, 2.75) is 12.5 Å². The van der Waals surface area contributed by atoms with Crippen molar-refractivity contribution >= 4 is 35.1 Å². The molecule has 1 aliphatic rings. The first-order valence-corrected chi connectivity index (χ1v) is 9.56. The number of methoxy groups -OCH3 is 2. The number of anilines is 2. The van der Waals surface area contributed by atoms with E-state index in [0.29, 0.717) is 41.1 Å². The number of halogens is 1. The van der Waals surface area contributed by atoms with Gasteiger partial charge in [0.05, 0.1) is 26.1 Å². The van der Waals surface area contributed by atoms with E-state index in [9.17, 15) is 9.59 Å². The summed E-state index contributed by atoms with van der Waals surface area (Å²) in [5.74, 6) is 0.581. The third kappa shape index (κ3) is 4.80. The van der Waals surface area contributed by atoms with Crippen molar-refractivity contribution in [1.29, 1.82) is 0 Å². The van der Waals surface area contributed by atoms with E-state index in [0.717, 1.165) is 12.5 Å². The number of benzene rings is 1. The Morgan fingerprint density at radius 3 is 2.83 bits per heavy atom. The van der Waals surface area contributed by atoms with Crippen LogP contribution in [0, 0.1) is 0 Å². The standard InChI is InChI=1S/C20H22ClN5O4/c1-4-17(27)24-15-6-5-12(9-16(15)29-2)19(28)26-8-7-13(11-26)23-20-22-10-14(21)18(25-20)30-3/h4-6,9-10,13H,1,7-8,11H2,2-3H3,(H,24,27)(H,22,23,25)/t13-/m1/s1. The summed E-state index contributed by atoms with van der Waals surface area (Å²) in [5, 5.41) is 6.17. The zero-order chi connectivity index (χ0) is 21.7. The topological polar surface area (TPSA) is 106 Å². The molecule has 158 valence electrons. The average Bonchev–Trinajstić information content (AvgIpc) is 3.23. The maximum atomic E-state index is 12.9. The monoisotopic (exact) mass is 431 g/mol. The van der Waals surface area contributed by atoms with Gasteiger partial charge in [0.2, 0.25) is 17.7 Å². The van der Waals surface area contributed by atoms with E-state index < -0.39 is 0 Å². The van der Waals surface area contributed by atoms with Gasteiger partial charge in [-0.05, 0) is 30.7 Å². The van der Waals surface area contributed by atoms with Gasteiger partial charge in [0.15, 0.2) is 0 Å². The largest absolute Gasteiger partial charge is 0.495 e. The highest BCUT2D eigenvalue weighted by Gasteiger charge is 2.28. The fourth-order valence-electron chi connectivity index (χ4n) is 3.10. The summed E-state index contributed by atoms with van der Waals surface area (Å²) in [6.45, 7) is 4.49. The summed E-state index contributed by atoms with van der Waals surface area (Å²) in [5.41, 5.74) is 0.933. The van der Waals surface area contributed by atoms with Gasteiger partial charge in [-0.3, -0.25) is 9.59 Å². The van der Waals surface area contributed by atoms with Gasteiger partial charge in [0.25, 0.3) is 5.91 Å². The molecule has 0 radical (unpaired) electrons. The Labute approximate surface area is 179 Å². The molecular formula is C20H22ClN5O4. The summed E-state index contributed by atoms with van der Waals surface area (Å²) in [7, 11) is 2.96. The van der Waals surface area contributed by atoms with Crippen molar-refractivity contribution in [3.05, 3.63) is 47.6 Å². The summed E-state index contributed by atoms with van der Waals surface area (Å²) in [6.07, 6.45) is 3.37. The molecule has 1 atom stereocenters. The second-order valence-corrected chi connectivity index (χ2v) is 6.95. The second kappa shape index (κ2) is 9.45. The molecule has 0 aliphatic carbocycles. The van der Waals surface area contributed by atoms with E-state index in [4.69, 9.17) is 21.1 Å². The number of nitrogens with one attached hydrogen (secondary N) is 2. The van der Waals surface area contributed by atoms with E-state index >= 15 is 0 Å². The summed E-state index contributed by atoms with van der Waals surface area (Å²) >= 11 is 5.95. The van der Waals surface area contributed by atoms with Gasteiger partial charge in [0.1, 0.15) is 10.8 Å². The van der Waals surface area contributed by atoms with E-state index in [1.54, 1.807) is 23.1 Å². The third-order valence-electron chi connectivity index (χ3n) is 4.61. The van der Waals surface area contributed by atoms with Crippen LogP contribution < -0.4 is 20.1 Å². The van der Waals surface area contributed by atoms with Gasteiger partial charge < -0.3 is 25.0 Å². The predicted octanol–water partition coefficient (Wildman–Crippen LogP) is 2.60. The molecule has 2 heterocycles. The number of amides is 2. The molecule has 0 spiro atoms. The Morgan fingerprint density at radius 1 is 1.33 bits per heavy atom. The smallest absolute Gasteiger partial charge is 0.254 e. The molecule has 1 aliphatic heterocycles. The van der Waals surface area contributed by atoms with Crippen molar-refractivity contribution in [2.75, 3.05) is 37.9 Å². The lowest BCUT2D eigenvalue weighted by atomic mass is 10.1. The molecule has 1 aromatic heterocycles. The maximum absolute atomic E-state index is 12.9. The number of likely N-dealkylation sites (tertiary alicyclic amines) is 1. The molecule has 1 saturated heterocycles. The predicted molar refractivity (Wildman–Crippen MR) is 113 cm³/mol. The van der Waals surface area contributed by atoms with Gasteiger partial charge in [0, 0.05) is 24.7 Å². The molecule has 0 unspecified atom stereocenters. The van der Waals surface area contributed by atoms with Crippen LogP contribution >= 0.6 is 11.6 Å². The quantitative estimate of drug-likeness (QED) is 0.649. The van der Waals surface area contributed by atoms with Crippen molar-refractivity contribution < 1.29 is 19.1 Å². The van der Waals surface area contributed by atoms with E-state index in [-0.39, 0.29) is 23.7 Å². The van der Waals surface area contributed by atoms with Crippen molar-refractivity contribution in [2.24, 2.45) is 0 Å². The SMILES string of the molecule is C=CC(=O)Nc1ccc(C(=O)N2CC[C@@H](Nc3ncc(Cl)c(OC)n3)C2)cc1OC. The van der Waals surface area contributed by atoms with Crippen LogP contribution in [0.5, 0.6) is 11.6 Å². The fraction of sp³-hybridized carbons (Fsp3) is 0.300. The fourth-order valence-corrected chi connectivity index (χ4v) is 3.27. The van der Waals surface area contributed by atoms with E-state index in [1.165, 1.54) is 20.4 Å². The molecule has 0 bridgehead atoms. The number of carbonyl (C=O) groups is 2. The van der Waals surface area contributed by atoms with Crippen LogP contribution in [0.4, 0.5) is 11.6 Å². The molecule has 3 rings (SSSR count). The Hall–Kier alpha value is -3.33. The number of hydrogen-bond acceptors (Lipinski definition) is 7. The molecule has 9 nitrogen and oxygen atoms in total. The van der Waals surface area contributed by atoms with Crippen molar-refractivity contribution in [3.8, 4) is 11.6 Å². The molecule has 0 saturated carbocycles. The first-order valence-electron chi connectivity index (χ1n) is 9.19. The third-order valence-corrected chi connectivity index (χ3v) is 4.86. The molecule has 1 aromatic carbocycles. The summed E-state index contributed by atoms with van der Waals surface area (Å²) in [6, 6.07) is 4.88. The van der Waals surface area contributed by atoms with Gasteiger partial charge in [-0.15, -0.1) is 0 Å². The lowest BCUT2D eigenvalue weighted by Crippen LogP contribution is -2.32. The lowest BCUT2D eigenvalue weighted by Gasteiger charge is -2.18. The second-order valence-electron chi connectivity index (χ2n) is 6.54. The normalized spacial score (nSPS) is 15.4. The number of carbonyl (C=O) groups excluding carboxylic acids is 2. The van der Waals surface area contributed by atoms with Crippen LogP contribution in [-0.2, 0) is 4.79 Å². The van der Waals surface area contributed by atoms with Gasteiger partial charge in [-0.1, -0.05) is 18.2 Å². The molecule has 2 N–H and O–H groups in total. The minimum Gasteiger partial charge on any atom is -0.495 e. The highest BCUT2D eigenvalue weighted by Crippen LogP contribution is 2.27. The first kappa shape index (κ1) is 21.4. The van der Waals surface area contributed by atoms with Crippen LogP contribution in [0.1, 0.15) is 16.8 Å². The zero-order valence-electron chi connectivity index (χ0n) is 16.6. The summed E-state index contributed by atoms with van der Waals surface area (Å²) < 4.78 is 10.4. The summed E-state index contributed by atoms with van der Waals surface area (Å²) in [4.78, 5) is 34.5. The lowest BCUT2D eigenvalue weighted by molar-refractivity contribution is -0.111. The molecule has 2 aromatic rings. The Kier molecular flexibility index (Phi) is 6.73. The number of aromatic nitrogens is 2. The Bertz CT molecular complexity index is 968. The van der Waals surface area contributed by atoms with Gasteiger partial charge in [-0.2, -0.15) is 4.98 Å². The highest BCUT2D eigenvalue weighted by atomic mass is 35.5. The molecular weight excluding hydrogens is 410 g/mol. The van der Waals surface area contributed by atoms with Gasteiger partial charge in [-0.25, -0.2) is 4.98 Å². The molecule has 2 amide bonds. The minimum absolute atomic E-state index is 0.00659.